The molecular weight excluding hydrogens is 316 g/mol. The number of nitrogens with two attached hydrogens (primary N) is 1. The van der Waals surface area contributed by atoms with Gasteiger partial charge in [-0.25, -0.2) is 9.97 Å². The molecule has 1 amide bonds. The number of carbonyl (C=O) groups is 1. The second-order valence-electron chi connectivity index (χ2n) is 6.98. The van der Waals surface area contributed by atoms with Gasteiger partial charge in [-0.3, -0.25) is 9.89 Å². The number of allylic oxidation sites excluding steroid dienone is 1. The Hall–Kier alpha value is -2.70. The molecule has 2 heterocycles. The summed E-state index contributed by atoms with van der Waals surface area (Å²) in [5.74, 6) is 1.37. The quantitative estimate of drug-likeness (QED) is 0.725. The van der Waals surface area contributed by atoms with Gasteiger partial charge < -0.3 is 11.1 Å². The standard InChI is InChI=1S/C18H22N6O/c1-9-14(10(2)24-23-9)17-20-7-13(8-21-17)22-18(25)16(19)15(11-3-4-11)12-5-6-12/h7-8,11-12H,3-6,19H2,1-2H3,(H,22,25)(H,23,24). The van der Waals surface area contributed by atoms with Gasteiger partial charge in [0.25, 0.3) is 5.91 Å². The fourth-order valence-electron chi connectivity index (χ4n) is 3.29. The number of anilines is 1. The monoisotopic (exact) mass is 338 g/mol. The summed E-state index contributed by atoms with van der Waals surface area (Å²) in [6.45, 7) is 3.83. The van der Waals surface area contributed by atoms with E-state index in [0.29, 0.717) is 29.0 Å². The van der Waals surface area contributed by atoms with Crippen molar-refractivity contribution >= 4 is 11.6 Å². The predicted octanol–water partition coefficient (Wildman–Crippen LogP) is 2.45. The normalized spacial score (nSPS) is 16.6. The maximum atomic E-state index is 12.5. The summed E-state index contributed by atoms with van der Waals surface area (Å²) in [5.41, 5.74) is 10.9. The molecule has 7 nitrogen and oxygen atoms in total. The molecule has 2 fully saturated rings. The smallest absolute Gasteiger partial charge is 0.271 e. The highest BCUT2D eigenvalue weighted by Crippen LogP contribution is 2.49. The van der Waals surface area contributed by atoms with Gasteiger partial charge >= 0.3 is 0 Å². The van der Waals surface area contributed by atoms with Gasteiger partial charge in [-0.1, -0.05) is 0 Å². The molecule has 0 saturated heterocycles. The zero-order chi connectivity index (χ0) is 17.6. The van der Waals surface area contributed by atoms with Gasteiger partial charge in [0.2, 0.25) is 0 Å². The van der Waals surface area contributed by atoms with Crippen LogP contribution in [0.1, 0.15) is 37.1 Å². The lowest BCUT2D eigenvalue weighted by Gasteiger charge is -2.11. The molecule has 2 aromatic heterocycles. The summed E-state index contributed by atoms with van der Waals surface area (Å²) < 4.78 is 0. The third-order valence-corrected chi connectivity index (χ3v) is 4.85. The first-order chi connectivity index (χ1) is 12.0. The number of aromatic amines is 1. The number of rotatable bonds is 5. The van der Waals surface area contributed by atoms with Crippen LogP contribution in [0.15, 0.2) is 23.7 Å². The molecule has 4 N–H and O–H groups in total. The first-order valence-electron chi connectivity index (χ1n) is 8.69. The maximum Gasteiger partial charge on any atom is 0.271 e. The van der Waals surface area contributed by atoms with Crippen LogP contribution in [0.4, 0.5) is 5.69 Å². The summed E-state index contributed by atoms with van der Waals surface area (Å²) in [7, 11) is 0. The van der Waals surface area contributed by atoms with Gasteiger partial charge in [-0.05, 0) is 56.9 Å². The molecule has 2 aliphatic carbocycles. The van der Waals surface area contributed by atoms with Crippen molar-refractivity contribution < 1.29 is 4.79 Å². The lowest BCUT2D eigenvalue weighted by molar-refractivity contribution is -0.113. The van der Waals surface area contributed by atoms with Crippen molar-refractivity contribution in [2.45, 2.75) is 39.5 Å². The van der Waals surface area contributed by atoms with Crippen LogP contribution in [0.25, 0.3) is 11.4 Å². The van der Waals surface area contributed by atoms with Crippen LogP contribution in [0.5, 0.6) is 0 Å². The molecule has 0 bridgehead atoms. The molecule has 2 saturated carbocycles. The van der Waals surface area contributed by atoms with E-state index in [9.17, 15) is 4.79 Å². The minimum Gasteiger partial charge on any atom is -0.394 e. The lowest BCUT2D eigenvalue weighted by atomic mass is 10.0. The summed E-state index contributed by atoms with van der Waals surface area (Å²) in [4.78, 5) is 21.2. The van der Waals surface area contributed by atoms with Crippen molar-refractivity contribution in [1.82, 2.24) is 20.2 Å². The van der Waals surface area contributed by atoms with Gasteiger partial charge in [-0.15, -0.1) is 0 Å². The first-order valence-corrected chi connectivity index (χ1v) is 8.69. The third-order valence-electron chi connectivity index (χ3n) is 4.85. The summed E-state index contributed by atoms with van der Waals surface area (Å²) in [6.07, 6.45) is 7.82. The molecular formula is C18H22N6O. The van der Waals surface area contributed by atoms with Gasteiger partial charge in [0, 0.05) is 5.69 Å². The van der Waals surface area contributed by atoms with Gasteiger partial charge in [0.1, 0.15) is 0 Å². The molecule has 2 aromatic rings. The predicted molar refractivity (Wildman–Crippen MR) is 94.4 cm³/mol. The number of nitrogens with one attached hydrogen (secondary N) is 2. The topological polar surface area (TPSA) is 110 Å². The number of aromatic nitrogens is 4. The minimum atomic E-state index is -0.249. The Labute approximate surface area is 146 Å². The molecule has 0 aromatic carbocycles. The Morgan fingerprint density at radius 3 is 2.24 bits per heavy atom. The number of hydrogen-bond acceptors (Lipinski definition) is 5. The molecule has 0 unspecified atom stereocenters. The second kappa shape index (κ2) is 5.98. The van der Waals surface area contributed by atoms with Crippen LogP contribution in [-0.2, 0) is 4.79 Å². The minimum absolute atomic E-state index is 0.249. The molecule has 4 rings (SSSR count). The number of amides is 1. The summed E-state index contributed by atoms with van der Waals surface area (Å²) in [6, 6.07) is 0. The Morgan fingerprint density at radius 1 is 1.16 bits per heavy atom. The van der Waals surface area contributed by atoms with Crippen molar-refractivity contribution in [3.63, 3.8) is 0 Å². The van der Waals surface area contributed by atoms with Crippen molar-refractivity contribution in [3.8, 4) is 11.4 Å². The Morgan fingerprint density at radius 2 is 1.76 bits per heavy atom. The maximum absolute atomic E-state index is 12.5. The van der Waals surface area contributed by atoms with E-state index in [4.69, 9.17) is 5.73 Å². The average molecular weight is 338 g/mol. The fraction of sp³-hybridized carbons (Fsp3) is 0.444. The molecule has 130 valence electrons. The molecule has 0 aliphatic heterocycles. The zero-order valence-electron chi connectivity index (χ0n) is 14.5. The van der Waals surface area contributed by atoms with Crippen LogP contribution < -0.4 is 11.1 Å². The van der Waals surface area contributed by atoms with E-state index in [1.165, 1.54) is 5.57 Å². The van der Waals surface area contributed by atoms with Crippen molar-refractivity contribution in [2.75, 3.05) is 5.32 Å². The van der Waals surface area contributed by atoms with E-state index >= 15 is 0 Å². The molecule has 25 heavy (non-hydrogen) atoms. The van der Waals surface area contributed by atoms with E-state index in [-0.39, 0.29) is 5.91 Å². The van der Waals surface area contributed by atoms with Crippen molar-refractivity contribution in [1.29, 1.82) is 0 Å². The SMILES string of the molecule is Cc1n[nH]c(C)c1-c1ncc(NC(=O)C(N)=C(C2CC2)C2CC2)cn1. The van der Waals surface area contributed by atoms with Crippen molar-refractivity contribution in [3.05, 3.63) is 35.1 Å². The van der Waals surface area contributed by atoms with E-state index in [0.717, 1.165) is 42.6 Å². The van der Waals surface area contributed by atoms with Crippen LogP contribution in [0, 0.1) is 25.7 Å². The first kappa shape index (κ1) is 15.8. The Kier molecular flexibility index (Phi) is 3.78. The van der Waals surface area contributed by atoms with Gasteiger partial charge in [0.15, 0.2) is 5.82 Å². The van der Waals surface area contributed by atoms with Crippen molar-refractivity contribution in [2.24, 2.45) is 17.6 Å². The molecule has 2 aliphatic rings. The van der Waals surface area contributed by atoms with E-state index in [1.807, 2.05) is 13.8 Å². The number of hydrogen-bond donors (Lipinski definition) is 3. The molecule has 0 radical (unpaired) electrons. The van der Waals surface area contributed by atoms with Crippen LogP contribution >= 0.6 is 0 Å². The largest absolute Gasteiger partial charge is 0.394 e. The average Bonchev–Trinajstić information content (AvgIpc) is 3.51. The Balaban J connectivity index is 1.51. The van der Waals surface area contributed by atoms with Gasteiger partial charge in [0.05, 0.1) is 35.0 Å². The highest BCUT2D eigenvalue weighted by atomic mass is 16.2. The highest BCUT2D eigenvalue weighted by molar-refractivity contribution is 6.03. The van der Waals surface area contributed by atoms with Crippen LogP contribution in [-0.4, -0.2) is 26.1 Å². The number of nitrogens with zero attached hydrogens (tertiary/aromatic N) is 3. The van der Waals surface area contributed by atoms with Gasteiger partial charge in [-0.2, -0.15) is 5.10 Å². The zero-order valence-corrected chi connectivity index (χ0v) is 14.5. The third kappa shape index (κ3) is 3.14. The highest BCUT2D eigenvalue weighted by Gasteiger charge is 2.39. The lowest BCUT2D eigenvalue weighted by Crippen LogP contribution is -2.23. The summed E-state index contributed by atoms with van der Waals surface area (Å²) >= 11 is 0. The number of carbonyl (C=O) groups excluding carboxylic acids is 1. The van der Waals surface area contributed by atoms with Crippen LogP contribution in [0.2, 0.25) is 0 Å². The second-order valence-corrected chi connectivity index (χ2v) is 6.98. The molecule has 0 atom stereocenters. The number of aryl methyl sites for hydroxylation is 2. The van der Waals surface area contributed by atoms with E-state index in [1.54, 1.807) is 12.4 Å². The molecule has 0 spiro atoms. The summed E-state index contributed by atoms with van der Waals surface area (Å²) in [5, 5.41) is 9.89. The molecule has 7 heteroatoms. The van der Waals surface area contributed by atoms with E-state index < -0.39 is 0 Å². The van der Waals surface area contributed by atoms with Crippen LogP contribution in [0.3, 0.4) is 0 Å². The Bertz CT molecular complexity index is 809. The number of H-pyrrole nitrogens is 1. The fourth-order valence-corrected chi connectivity index (χ4v) is 3.29. The van der Waals surface area contributed by atoms with E-state index in [2.05, 4.69) is 25.5 Å².